The third kappa shape index (κ3) is 2.66. The Balaban J connectivity index is 2.26. The Kier molecular flexibility index (Phi) is 4.07. The maximum absolute atomic E-state index is 13.3. The predicted octanol–water partition coefficient (Wildman–Crippen LogP) is 4.23. The number of alkyl halides is 3. The molecule has 2 N–H and O–H groups in total. The predicted molar refractivity (Wildman–Crippen MR) is 81.8 cm³/mol. The Hall–Kier alpha value is -2.02. The molecule has 24 heavy (non-hydrogen) atoms. The number of halogens is 3. The molecule has 130 valence electrons. The number of ether oxygens (including phenoxy) is 1. The van der Waals surface area contributed by atoms with Crippen LogP contribution in [0.5, 0.6) is 0 Å². The van der Waals surface area contributed by atoms with Gasteiger partial charge in [-0.3, -0.25) is 4.79 Å². The smallest absolute Gasteiger partial charge is 0.418 e. The normalized spacial score (nSPS) is 21.0. The van der Waals surface area contributed by atoms with Gasteiger partial charge in [-0.25, -0.2) is 0 Å². The third-order valence-corrected chi connectivity index (χ3v) is 4.52. The first-order chi connectivity index (χ1) is 11.3. The van der Waals surface area contributed by atoms with Crippen LogP contribution in [-0.2, 0) is 27.7 Å². The van der Waals surface area contributed by atoms with Gasteiger partial charge in [0.1, 0.15) is 5.60 Å². The lowest BCUT2D eigenvalue weighted by Gasteiger charge is -2.36. The number of hydrogen-bond donors (Lipinski definition) is 2. The van der Waals surface area contributed by atoms with Gasteiger partial charge < -0.3 is 14.8 Å². The van der Waals surface area contributed by atoms with Crippen LogP contribution in [0.4, 0.5) is 13.2 Å². The standard InChI is InChI=1S/C17H18F3NO3/c1-2-7-16(9-13(22)23)15-11(6-8-24-16)10-4-3-5-12(14(10)21-15)17(18,19)20/h3-5,21H,2,6-9H2,1H3,(H,22,23). The fourth-order valence-corrected chi connectivity index (χ4v) is 3.65. The van der Waals surface area contributed by atoms with Crippen molar-refractivity contribution < 1.29 is 27.8 Å². The second-order valence-electron chi connectivity index (χ2n) is 6.12. The van der Waals surface area contributed by atoms with Gasteiger partial charge in [-0.15, -0.1) is 0 Å². The molecule has 2 aromatic rings. The summed E-state index contributed by atoms with van der Waals surface area (Å²) in [6.45, 7) is 2.19. The Morgan fingerprint density at radius 2 is 2.17 bits per heavy atom. The SMILES string of the molecule is CCCC1(CC(=O)O)OCCc2c1[nH]c1c(C(F)(F)F)cccc21. The van der Waals surface area contributed by atoms with Gasteiger partial charge in [0.2, 0.25) is 0 Å². The minimum absolute atomic E-state index is 0.00590. The van der Waals surface area contributed by atoms with Crippen molar-refractivity contribution in [2.45, 2.75) is 44.4 Å². The molecule has 0 aliphatic carbocycles. The molecule has 1 aliphatic heterocycles. The summed E-state index contributed by atoms with van der Waals surface area (Å²) in [5.41, 5.74) is -0.626. The monoisotopic (exact) mass is 341 g/mol. The molecule has 1 aromatic heterocycles. The molecule has 1 atom stereocenters. The zero-order valence-electron chi connectivity index (χ0n) is 13.2. The summed E-state index contributed by atoms with van der Waals surface area (Å²) >= 11 is 0. The maximum Gasteiger partial charge on any atom is 0.418 e. The lowest BCUT2D eigenvalue weighted by Crippen LogP contribution is -2.37. The minimum atomic E-state index is -4.48. The second kappa shape index (κ2) is 5.81. The number of rotatable bonds is 4. The highest BCUT2D eigenvalue weighted by atomic mass is 19.4. The first kappa shape index (κ1) is 16.8. The van der Waals surface area contributed by atoms with E-state index in [1.165, 1.54) is 6.07 Å². The quantitative estimate of drug-likeness (QED) is 0.875. The summed E-state index contributed by atoms with van der Waals surface area (Å²) in [5, 5.41) is 9.76. The van der Waals surface area contributed by atoms with Crippen LogP contribution in [0.2, 0.25) is 0 Å². The van der Waals surface area contributed by atoms with Crippen LogP contribution >= 0.6 is 0 Å². The molecule has 0 bridgehead atoms. The fraction of sp³-hybridized carbons (Fsp3) is 0.471. The molecular formula is C17H18F3NO3. The molecule has 7 heteroatoms. The van der Waals surface area contributed by atoms with Crippen LogP contribution in [0.1, 0.15) is 43.0 Å². The largest absolute Gasteiger partial charge is 0.481 e. The topological polar surface area (TPSA) is 62.3 Å². The molecule has 1 aliphatic rings. The minimum Gasteiger partial charge on any atom is -0.481 e. The number of carboxylic acids is 1. The average molecular weight is 341 g/mol. The summed E-state index contributed by atoms with van der Waals surface area (Å²) < 4.78 is 45.7. The van der Waals surface area contributed by atoms with E-state index in [0.717, 1.165) is 11.6 Å². The van der Waals surface area contributed by atoms with Gasteiger partial charge in [0, 0.05) is 5.39 Å². The fourth-order valence-electron chi connectivity index (χ4n) is 3.65. The highest BCUT2D eigenvalue weighted by Crippen LogP contribution is 2.44. The summed E-state index contributed by atoms with van der Waals surface area (Å²) in [5.74, 6) is -1.04. The van der Waals surface area contributed by atoms with E-state index >= 15 is 0 Å². The first-order valence-corrected chi connectivity index (χ1v) is 7.85. The van der Waals surface area contributed by atoms with Gasteiger partial charge in [0.25, 0.3) is 0 Å². The molecule has 3 rings (SSSR count). The van der Waals surface area contributed by atoms with E-state index < -0.39 is 23.3 Å². The van der Waals surface area contributed by atoms with Crippen LogP contribution in [0.15, 0.2) is 18.2 Å². The van der Waals surface area contributed by atoms with Crippen molar-refractivity contribution in [2.24, 2.45) is 0 Å². The van der Waals surface area contributed by atoms with Crippen LogP contribution in [-0.4, -0.2) is 22.7 Å². The van der Waals surface area contributed by atoms with Crippen molar-refractivity contribution in [3.63, 3.8) is 0 Å². The highest BCUT2D eigenvalue weighted by molar-refractivity contribution is 5.88. The van der Waals surface area contributed by atoms with Gasteiger partial charge in [0.15, 0.2) is 0 Å². The molecule has 0 spiro atoms. The zero-order valence-corrected chi connectivity index (χ0v) is 13.2. The van der Waals surface area contributed by atoms with Crippen LogP contribution in [0.3, 0.4) is 0 Å². The van der Waals surface area contributed by atoms with Crippen molar-refractivity contribution in [1.82, 2.24) is 4.98 Å². The number of aliphatic carboxylic acids is 1. The molecule has 0 radical (unpaired) electrons. The number of benzene rings is 1. The van der Waals surface area contributed by atoms with Gasteiger partial charge in [0.05, 0.1) is 29.8 Å². The van der Waals surface area contributed by atoms with Crippen molar-refractivity contribution in [1.29, 1.82) is 0 Å². The third-order valence-electron chi connectivity index (χ3n) is 4.52. The molecule has 0 fully saturated rings. The molecule has 1 aromatic carbocycles. The highest BCUT2D eigenvalue weighted by Gasteiger charge is 2.43. The van der Waals surface area contributed by atoms with Crippen LogP contribution in [0.25, 0.3) is 10.9 Å². The summed E-state index contributed by atoms with van der Waals surface area (Å²) in [7, 11) is 0. The van der Waals surface area contributed by atoms with Crippen molar-refractivity contribution in [2.75, 3.05) is 6.61 Å². The van der Waals surface area contributed by atoms with E-state index in [1.54, 1.807) is 6.07 Å². The van der Waals surface area contributed by atoms with E-state index in [4.69, 9.17) is 4.74 Å². The number of hydrogen-bond acceptors (Lipinski definition) is 2. The van der Waals surface area contributed by atoms with E-state index in [9.17, 15) is 23.1 Å². The summed E-state index contributed by atoms with van der Waals surface area (Å²) in [6.07, 6.45) is -3.20. The van der Waals surface area contributed by atoms with Gasteiger partial charge >= 0.3 is 12.1 Å². The van der Waals surface area contributed by atoms with Gasteiger partial charge in [-0.05, 0) is 24.5 Å². The van der Waals surface area contributed by atoms with E-state index in [1.807, 2.05) is 6.92 Å². The molecular weight excluding hydrogens is 323 g/mol. The molecule has 2 heterocycles. The lowest BCUT2D eigenvalue weighted by molar-refractivity contribution is -0.149. The molecule has 1 unspecified atom stereocenters. The van der Waals surface area contributed by atoms with Gasteiger partial charge in [-0.2, -0.15) is 13.2 Å². The molecule has 0 saturated heterocycles. The maximum atomic E-state index is 13.3. The summed E-state index contributed by atoms with van der Waals surface area (Å²) in [6, 6.07) is 4.06. The zero-order chi connectivity index (χ0) is 17.5. The lowest BCUT2D eigenvalue weighted by atomic mass is 9.85. The number of carboxylic acid groups (broad SMARTS) is 1. The summed E-state index contributed by atoms with van der Waals surface area (Å²) in [4.78, 5) is 14.2. The molecule has 0 saturated carbocycles. The number of aromatic amines is 1. The van der Waals surface area contributed by atoms with Crippen molar-refractivity contribution in [3.8, 4) is 0 Å². The number of H-pyrrole nitrogens is 1. The van der Waals surface area contributed by atoms with Crippen molar-refractivity contribution >= 4 is 16.9 Å². The van der Waals surface area contributed by atoms with E-state index in [0.29, 0.717) is 36.9 Å². The number of carbonyl (C=O) groups is 1. The number of fused-ring (bicyclic) bond motifs is 3. The number of para-hydroxylation sites is 1. The van der Waals surface area contributed by atoms with Crippen LogP contribution < -0.4 is 0 Å². The average Bonchev–Trinajstić information content (AvgIpc) is 2.86. The van der Waals surface area contributed by atoms with E-state index in [-0.39, 0.29) is 11.9 Å². The van der Waals surface area contributed by atoms with Crippen LogP contribution in [0, 0.1) is 0 Å². The second-order valence-corrected chi connectivity index (χ2v) is 6.12. The molecule has 0 amide bonds. The van der Waals surface area contributed by atoms with Crippen molar-refractivity contribution in [3.05, 3.63) is 35.0 Å². The Morgan fingerprint density at radius 3 is 2.79 bits per heavy atom. The molecule has 4 nitrogen and oxygen atoms in total. The number of nitrogens with one attached hydrogen (secondary N) is 1. The first-order valence-electron chi connectivity index (χ1n) is 7.85. The number of aromatic nitrogens is 1. The van der Waals surface area contributed by atoms with Gasteiger partial charge in [-0.1, -0.05) is 25.5 Å². The Bertz CT molecular complexity index is 781. The Labute approximate surface area is 136 Å². The van der Waals surface area contributed by atoms with E-state index in [2.05, 4.69) is 4.98 Å². The Morgan fingerprint density at radius 1 is 1.42 bits per heavy atom.